The van der Waals surface area contributed by atoms with E-state index in [1.54, 1.807) is 38.2 Å². The summed E-state index contributed by atoms with van der Waals surface area (Å²) in [6, 6.07) is 11.8. The second kappa shape index (κ2) is 15.2. The zero-order valence-electron chi connectivity index (χ0n) is 29.9. The largest absolute Gasteiger partial charge is 0.496 e. The summed E-state index contributed by atoms with van der Waals surface area (Å²) in [5, 5.41) is 13.3. The number of fused-ring (bicyclic) bond motifs is 1. The van der Waals surface area contributed by atoms with E-state index in [1.807, 2.05) is 29.2 Å². The monoisotopic (exact) mass is 710 g/mol. The molecule has 1 atom stereocenters. The minimum Gasteiger partial charge on any atom is -0.496 e. The highest BCUT2D eigenvalue weighted by molar-refractivity contribution is 6.01. The molecule has 52 heavy (non-hydrogen) atoms. The number of hydrogen-bond acceptors (Lipinski definition) is 10. The van der Waals surface area contributed by atoms with Gasteiger partial charge in [0.25, 0.3) is 5.56 Å². The number of anilines is 1. The quantitative estimate of drug-likeness (QED) is 0.210. The molecule has 14 nitrogen and oxygen atoms in total. The number of benzene rings is 2. The van der Waals surface area contributed by atoms with Crippen molar-refractivity contribution in [2.24, 2.45) is 7.05 Å². The predicted octanol–water partition coefficient (Wildman–Crippen LogP) is 2.69. The van der Waals surface area contributed by atoms with Crippen LogP contribution in [0.4, 0.5) is 5.69 Å². The smallest absolute Gasteiger partial charge is 0.276 e. The third-order valence-corrected chi connectivity index (χ3v) is 10.7. The molecule has 0 spiro atoms. The number of carbonyl (C=O) groups excluding carboxylic acids is 3. The Morgan fingerprint density at radius 1 is 0.923 bits per heavy atom. The fraction of sp³-hybridized carbons (Fsp3) is 0.447. The van der Waals surface area contributed by atoms with Crippen LogP contribution in [0.3, 0.4) is 0 Å². The number of methoxy groups -OCH3 is 2. The number of hydrogen-bond donors (Lipinski definition) is 3. The number of aryl methyl sites for hydroxylation is 1. The van der Waals surface area contributed by atoms with Crippen molar-refractivity contribution in [1.29, 1.82) is 0 Å². The summed E-state index contributed by atoms with van der Waals surface area (Å²) in [6.45, 7) is 5.59. The molecule has 0 unspecified atom stereocenters. The minimum absolute atomic E-state index is 0.142. The fourth-order valence-corrected chi connectivity index (χ4v) is 7.66. The van der Waals surface area contributed by atoms with Crippen LogP contribution in [-0.2, 0) is 28.0 Å². The lowest BCUT2D eigenvalue weighted by Gasteiger charge is -2.37. The van der Waals surface area contributed by atoms with Crippen LogP contribution in [0.5, 0.6) is 11.5 Å². The van der Waals surface area contributed by atoms with E-state index in [0.29, 0.717) is 62.0 Å². The van der Waals surface area contributed by atoms with Crippen LogP contribution < -0.4 is 25.7 Å². The molecule has 7 rings (SSSR count). The van der Waals surface area contributed by atoms with Gasteiger partial charge >= 0.3 is 0 Å². The number of aromatic amines is 1. The molecule has 5 heterocycles. The molecular formula is C38H46N8O6. The Morgan fingerprint density at radius 3 is 2.27 bits per heavy atom. The third-order valence-electron chi connectivity index (χ3n) is 10.7. The fourth-order valence-electron chi connectivity index (χ4n) is 7.66. The number of rotatable bonds is 10. The van der Waals surface area contributed by atoms with E-state index >= 15 is 0 Å². The first-order valence-corrected chi connectivity index (χ1v) is 17.9. The molecule has 3 N–H and O–H groups in total. The second-order valence-corrected chi connectivity index (χ2v) is 14.0. The number of nitrogens with zero attached hydrogens (tertiary/aromatic N) is 5. The Kier molecular flexibility index (Phi) is 10.3. The molecule has 2 aromatic heterocycles. The highest BCUT2D eigenvalue weighted by Crippen LogP contribution is 2.38. The van der Waals surface area contributed by atoms with Crippen molar-refractivity contribution in [1.82, 2.24) is 34.8 Å². The third kappa shape index (κ3) is 7.39. The number of piperidine rings is 2. The topological polar surface area (TPSA) is 154 Å². The van der Waals surface area contributed by atoms with Crippen molar-refractivity contribution < 1.29 is 23.9 Å². The van der Waals surface area contributed by atoms with Crippen molar-refractivity contribution in [3.8, 4) is 22.6 Å². The van der Waals surface area contributed by atoms with Gasteiger partial charge in [-0.1, -0.05) is 12.1 Å². The molecule has 3 aliphatic rings. The number of nitrogens with one attached hydrogen (secondary N) is 3. The highest BCUT2D eigenvalue weighted by Gasteiger charge is 2.29. The Morgan fingerprint density at radius 2 is 1.62 bits per heavy atom. The first-order valence-electron chi connectivity index (χ1n) is 17.9. The van der Waals surface area contributed by atoms with Crippen LogP contribution in [0.2, 0.25) is 0 Å². The first kappa shape index (κ1) is 35.2. The van der Waals surface area contributed by atoms with Gasteiger partial charge < -0.3 is 24.3 Å². The normalized spacial score (nSPS) is 19.1. The molecule has 3 amide bonds. The Labute approximate surface area is 302 Å². The first-order chi connectivity index (χ1) is 25.2. The number of pyridine rings is 1. The van der Waals surface area contributed by atoms with E-state index in [4.69, 9.17) is 9.47 Å². The van der Waals surface area contributed by atoms with Crippen molar-refractivity contribution in [3.05, 3.63) is 70.3 Å². The van der Waals surface area contributed by atoms with Gasteiger partial charge in [-0.2, -0.15) is 5.10 Å². The molecular weight excluding hydrogens is 664 g/mol. The van der Waals surface area contributed by atoms with Gasteiger partial charge in [0, 0.05) is 69.0 Å². The van der Waals surface area contributed by atoms with Gasteiger partial charge in [0.1, 0.15) is 23.1 Å². The maximum absolute atomic E-state index is 13.4. The summed E-state index contributed by atoms with van der Waals surface area (Å²) < 4.78 is 13.3. The molecule has 274 valence electrons. The Bertz CT molecular complexity index is 1980. The number of H-pyrrole nitrogens is 1. The van der Waals surface area contributed by atoms with E-state index in [9.17, 15) is 19.2 Å². The van der Waals surface area contributed by atoms with Gasteiger partial charge in [-0.25, -0.2) is 0 Å². The number of ether oxygens (including phenoxy) is 2. The van der Waals surface area contributed by atoms with Crippen LogP contribution in [0.1, 0.15) is 42.7 Å². The van der Waals surface area contributed by atoms with Gasteiger partial charge in [0.15, 0.2) is 0 Å². The average molecular weight is 711 g/mol. The number of imide groups is 1. The minimum atomic E-state index is -0.396. The summed E-state index contributed by atoms with van der Waals surface area (Å²) in [4.78, 5) is 56.0. The number of aromatic nitrogens is 3. The number of carbonyl (C=O) groups is 3. The van der Waals surface area contributed by atoms with Gasteiger partial charge in [-0.15, -0.1) is 0 Å². The SMILES string of the molecule is COc1cc(-c2cn(C)c(=O)c3[nH]ncc23)cc(OC)c1CN1CCN(C(=O)CN2CCC(c3ccc(N[C@@H]4CCC(=O)NC4=O)cc3)CC2)CC1. The van der Waals surface area contributed by atoms with E-state index in [0.717, 1.165) is 66.8 Å². The zero-order chi connectivity index (χ0) is 36.4. The lowest BCUT2D eigenvalue weighted by atomic mass is 9.89. The molecule has 14 heteroatoms. The lowest BCUT2D eigenvalue weighted by molar-refractivity contribution is -0.135. The van der Waals surface area contributed by atoms with Crippen LogP contribution in [0, 0.1) is 0 Å². The van der Waals surface area contributed by atoms with E-state index in [-0.39, 0.29) is 23.3 Å². The highest BCUT2D eigenvalue weighted by atomic mass is 16.5. The van der Waals surface area contributed by atoms with E-state index in [2.05, 4.69) is 42.8 Å². The predicted molar refractivity (Wildman–Crippen MR) is 196 cm³/mol. The maximum Gasteiger partial charge on any atom is 0.276 e. The van der Waals surface area contributed by atoms with E-state index in [1.165, 1.54) is 5.56 Å². The van der Waals surface area contributed by atoms with Crippen LogP contribution in [-0.4, -0.2) is 113 Å². The number of amides is 3. The average Bonchev–Trinajstić information content (AvgIpc) is 3.66. The number of likely N-dealkylation sites (tertiary alicyclic amines) is 1. The van der Waals surface area contributed by atoms with Crippen molar-refractivity contribution in [3.63, 3.8) is 0 Å². The maximum atomic E-state index is 13.4. The molecule has 0 bridgehead atoms. The van der Waals surface area contributed by atoms with Crippen LogP contribution in [0.15, 0.2) is 53.6 Å². The molecule has 0 aliphatic carbocycles. The molecule has 4 aromatic rings. The van der Waals surface area contributed by atoms with Crippen LogP contribution in [0.25, 0.3) is 22.0 Å². The molecule has 0 radical (unpaired) electrons. The van der Waals surface area contributed by atoms with Gasteiger partial charge in [-0.3, -0.25) is 39.4 Å². The van der Waals surface area contributed by atoms with Crippen molar-refractivity contribution in [2.45, 2.75) is 44.2 Å². The van der Waals surface area contributed by atoms with Crippen molar-refractivity contribution >= 4 is 34.3 Å². The summed E-state index contributed by atoms with van der Waals surface area (Å²) in [6.07, 6.45) is 6.28. The van der Waals surface area contributed by atoms with Crippen molar-refractivity contribution in [2.75, 3.05) is 65.3 Å². The van der Waals surface area contributed by atoms with Gasteiger partial charge in [0.2, 0.25) is 17.7 Å². The van der Waals surface area contributed by atoms with Crippen LogP contribution >= 0.6 is 0 Å². The summed E-state index contributed by atoms with van der Waals surface area (Å²) >= 11 is 0. The lowest BCUT2D eigenvalue weighted by Crippen LogP contribution is -2.51. The molecule has 0 saturated carbocycles. The van der Waals surface area contributed by atoms with Gasteiger partial charge in [-0.05, 0) is 73.7 Å². The number of piperazine rings is 1. The molecule has 3 aliphatic heterocycles. The van der Waals surface area contributed by atoms with E-state index < -0.39 is 6.04 Å². The zero-order valence-corrected chi connectivity index (χ0v) is 29.9. The Hall–Kier alpha value is -5.21. The summed E-state index contributed by atoms with van der Waals surface area (Å²) in [5.74, 6) is 1.50. The van der Waals surface area contributed by atoms with Gasteiger partial charge in [0.05, 0.1) is 32.5 Å². The Balaban J connectivity index is 0.900. The summed E-state index contributed by atoms with van der Waals surface area (Å²) in [5.41, 5.74) is 5.08. The molecule has 3 saturated heterocycles. The molecule has 3 fully saturated rings. The summed E-state index contributed by atoms with van der Waals surface area (Å²) in [7, 11) is 5.02. The standard InChI is InChI=1S/C38H46N8O6/c1-43-21-29(28-20-39-42-36(28)38(43)50)26-18-32(51-2)30(33(19-26)52-3)22-45-14-16-46(17-15-45)35(48)23-44-12-10-25(11-13-44)24-4-6-27(7-5-24)40-31-8-9-34(47)41-37(31)49/h4-7,18-21,25,31,40H,8-17,22-23H2,1-3H3,(H,39,42)(H,41,47,49)/t31-/m1/s1. The molecule has 2 aromatic carbocycles. The second-order valence-electron chi connectivity index (χ2n) is 14.0.